The number of nitrogens with zero attached hydrogens (tertiary/aromatic N) is 5. The Morgan fingerprint density at radius 1 is 1.25 bits per heavy atom. The zero-order valence-corrected chi connectivity index (χ0v) is 24.0. The van der Waals surface area contributed by atoms with Gasteiger partial charge in [0.1, 0.15) is 17.5 Å². The Morgan fingerprint density at radius 2 is 2.02 bits per heavy atom. The standard InChI is InChI=1S/C29H38N8O3/c1-19(36(5)28(39)40-29(2,3)4)26(38)30-15-9-7-8-10-21-17-31-27(35-25(21)33-22-13-14-22)34-23-12-11-20-18-32-37(6)24(20)16-23/h11-12,16-19,22H,7,9,13-15H2,1-6H3,(H,30,38)(H2,31,33,34,35)/t19-/m0/s1. The molecule has 0 spiro atoms. The summed E-state index contributed by atoms with van der Waals surface area (Å²) in [6, 6.07) is 5.76. The van der Waals surface area contributed by atoms with Gasteiger partial charge in [0, 0.05) is 44.2 Å². The predicted molar refractivity (Wildman–Crippen MR) is 155 cm³/mol. The Kier molecular flexibility index (Phi) is 8.77. The average Bonchev–Trinajstić information content (AvgIpc) is 3.65. The molecule has 212 valence electrons. The number of aryl methyl sites for hydroxylation is 1. The number of hydrogen-bond donors (Lipinski definition) is 3. The van der Waals surface area contributed by atoms with Crippen molar-refractivity contribution < 1.29 is 14.3 Å². The van der Waals surface area contributed by atoms with Crippen molar-refractivity contribution in [3.63, 3.8) is 0 Å². The molecule has 2 heterocycles. The van der Waals surface area contributed by atoms with Crippen molar-refractivity contribution in [2.45, 2.75) is 71.1 Å². The maximum Gasteiger partial charge on any atom is 0.410 e. The number of fused-ring (bicyclic) bond motifs is 1. The molecule has 1 aromatic carbocycles. The van der Waals surface area contributed by atoms with Gasteiger partial charge in [-0.25, -0.2) is 9.78 Å². The van der Waals surface area contributed by atoms with Gasteiger partial charge in [0.25, 0.3) is 0 Å². The Morgan fingerprint density at radius 3 is 2.75 bits per heavy atom. The van der Waals surface area contributed by atoms with Crippen molar-refractivity contribution in [1.82, 2.24) is 30.0 Å². The van der Waals surface area contributed by atoms with Crippen molar-refractivity contribution >= 4 is 40.4 Å². The van der Waals surface area contributed by atoms with Crippen LogP contribution in [0.4, 0.5) is 22.2 Å². The maximum absolute atomic E-state index is 12.5. The van der Waals surface area contributed by atoms with Crippen LogP contribution in [0.15, 0.2) is 30.6 Å². The average molecular weight is 547 g/mol. The first-order chi connectivity index (χ1) is 19.0. The van der Waals surface area contributed by atoms with E-state index >= 15 is 0 Å². The summed E-state index contributed by atoms with van der Waals surface area (Å²) in [5, 5.41) is 14.9. The first-order valence-electron chi connectivity index (χ1n) is 13.5. The van der Waals surface area contributed by atoms with Crippen LogP contribution in [0, 0.1) is 11.8 Å². The third-order valence-corrected chi connectivity index (χ3v) is 6.35. The number of ether oxygens (including phenoxy) is 1. The lowest BCUT2D eigenvalue weighted by Crippen LogP contribution is -2.47. The predicted octanol–water partition coefficient (Wildman–Crippen LogP) is 4.18. The van der Waals surface area contributed by atoms with E-state index in [1.54, 1.807) is 40.9 Å². The van der Waals surface area contributed by atoms with E-state index in [1.807, 2.05) is 36.1 Å². The van der Waals surface area contributed by atoms with Gasteiger partial charge < -0.3 is 20.7 Å². The van der Waals surface area contributed by atoms with E-state index in [4.69, 9.17) is 9.72 Å². The molecule has 0 unspecified atom stereocenters. The molecule has 2 aromatic heterocycles. The van der Waals surface area contributed by atoms with Crippen molar-refractivity contribution in [2.24, 2.45) is 7.05 Å². The summed E-state index contributed by atoms with van der Waals surface area (Å²) in [6.07, 6.45) is 6.51. The summed E-state index contributed by atoms with van der Waals surface area (Å²) in [5.41, 5.74) is 2.01. The fourth-order valence-electron chi connectivity index (χ4n) is 3.78. The molecule has 1 atom stereocenters. The van der Waals surface area contributed by atoms with E-state index in [1.165, 1.54) is 4.90 Å². The van der Waals surface area contributed by atoms with Gasteiger partial charge in [-0.05, 0) is 65.2 Å². The molecule has 3 aromatic rings. The SMILES string of the molecule is C[C@@H](C(=O)NCCCC#Cc1cnc(Nc2ccc3cnn(C)c3c2)nc1NC1CC1)N(C)C(=O)OC(C)(C)C. The quantitative estimate of drug-likeness (QED) is 0.270. The zero-order valence-electron chi connectivity index (χ0n) is 24.0. The number of rotatable bonds is 9. The lowest BCUT2D eigenvalue weighted by Gasteiger charge is -2.28. The van der Waals surface area contributed by atoms with Crippen molar-refractivity contribution in [3.8, 4) is 11.8 Å². The van der Waals surface area contributed by atoms with Gasteiger partial charge in [0.2, 0.25) is 11.9 Å². The molecule has 11 heteroatoms. The maximum atomic E-state index is 12.5. The number of nitrogens with one attached hydrogen (secondary N) is 3. The van der Waals surface area contributed by atoms with Crippen molar-refractivity contribution in [3.05, 3.63) is 36.2 Å². The molecule has 4 rings (SSSR count). The summed E-state index contributed by atoms with van der Waals surface area (Å²) < 4.78 is 7.16. The molecule has 3 N–H and O–H groups in total. The highest BCUT2D eigenvalue weighted by molar-refractivity contribution is 5.85. The lowest BCUT2D eigenvalue weighted by molar-refractivity contribution is -0.125. The highest BCUT2D eigenvalue weighted by Gasteiger charge is 2.26. The number of unbranched alkanes of at least 4 members (excludes halogenated alkanes) is 1. The third-order valence-electron chi connectivity index (χ3n) is 6.35. The van der Waals surface area contributed by atoms with E-state index in [2.05, 4.69) is 37.9 Å². The minimum Gasteiger partial charge on any atom is -0.444 e. The number of carbonyl (C=O) groups excluding carboxylic acids is 2. The third kappa shape index (κ3) is 7.85. The van der Waals surface area contributed by atoms with Gasteiger partial charge in [0.05, 0.1) is 23.5 Å². The molecule has 1 saturated carbocycles. The van der Waals surface area contributed by atoms with Crippen LogP contribution in [0.5, 0.6) is 0 Å². The number of amides is 2. The van der Waals surface area contributed by atoms with Crippen molar-refractivity contribution in [1.29, 1.82) is 0 Å². The van der Waals surface area contributed by atoms with Gasteiger partial charge in [0.15, 0.2) is 0 Å². The molecule has 0 aliphatic heterocycles. The topological polar surface area (TPSA) is 126 Å². The molecule has 0 saturated heterocycles. The molecule has 0 bridgehead atoms. The lowest BCUT2D eigenvalue weighted by atomic mass is 10.2. The second-order valence-electron chi connectivity index (χ2n) is 11.0. The number of carbonyl (C=O) groups is 2. The molecule has 1 fully saturated rings. The highest BCUT2D eigenvalue weighted by atomic mass is 16.6. The number of likely N-dealkylation sites (N-methyl/N-ethyl adjacent to an activating group) is 1. The summed E-state index contributed by atoms with van der Waals surface area (Å²) in [5.74, 6) is 7.29. The Balaban J connectivity index is 1.30. The van der Waals surface area contributed by atoms with Gasteiger partial charge in [-0.2, -0.15) is 10.1 Å². The number of benzene rings is 1. The van der Waals surface area contributed by atoms with Crippen LogP contribution >= 0.6 is 0 Å². The second kappa shape index (κ2) is 12.2. The van der Waals surface area contributed by atoms with E-state index in [0.29, 0.717) is 37.2 Å². The number of anilines is 3. The fourth-order valence-corrected chi connectivity index (χ4v) is 3.78. The van der Waals surface area contributed by atoms with E-state index < -0.39 is 17.7 Å². The van der Waals surface area contributed by atoms with E-state index in [9.17, 15) is 9.59 Å². The summed E-state index contributed by atoms with van der Waals surface area (Å²) >= 11 is 0. The first-order valence-corrected chi connectivity index (χ1v) is 13.5. The van der Waals surface area contributed by atoms with E-state index in [0.717, 1.165) is 35.0 Å². The van der Waals surface area contributed by atoms with Crippen LogP contribution in [-0.2, 0) is 16.6 Å². The van der Waals surface area contributed by atoms with Crippen LogP contribution in [0.1, 0.15) is 58.9 Å². The van der Waals surface area contributed by atoms with Crippen LogP contribution in [0.3, 0.4) is 0 Å². The van der Waals surface area contributed by atoms with E-state index in [-0.39, 0.29) is 5.91 Å². The summed E-state index contributed by atoms with van der Waals surface area (Å²) in [4.78, 5) is 35.1. The minimum absolute atomic E-state index is 0.240. The number of aromatic nitrogens is 4. The molecule has 2 amide bonds. The highest BCUT2D eigenvalue weighted by Crippen LogP contribution is 2.27. The second-order valence-corrected chi connectivity index (χ2v) is 11.0. The largest absolute Gasteiger partial charge is 0.444 e. The molecule has 40 heavy (non-hydrogen) atoms. The van der Waals surface area contributed by atoms with Crippen LogP contribution in [0.25, 0.3) is 10.9 Å². The van der Waals surface area contributed by atoms with Gasteiger partial charge in [-0.1, -0.05) is 11.8 Å². The minimum atomic E-state index is -0.646. The van der Waals surface area contributed by atoms with Crippen LogP contribution in [-0.4, -0.2) is 67.9 Å². The Hall–Kier alpha value is -4.33. The first kappa shape index (κ1) is 28.7. The molecule has 1 aliphatic rings. The zero-order chi connectivity index (χ0) is 28.9. The van der Waals surface area contributed by atoms with Crippen LogP contribution in [0.2, 0.25) is 0 Å². The molecule has 0 radical (unpaired) electrons. The molecular weight excluding hydrogens is 508 g/mol. The molecule has 1 aliphatic carbocycles. The normalized spacial score (nSPS) is 13.7. The van der Waals surface area contributed by atoms with Gasteiger partial charge in [-0.15, -0.1) is 0 Å². The van der Waals surface area contributed by atoms with Gasteiger partial charge in [-0.3, -0.25) is 14.4 Å². The monoisotopic (exact) mass is 546 g/mol. The number of hydrogen-bond acceptors (Lipinski definition) is 8. The van der Waals surface area contributed by atoms with Gasteiger partial charge >= 0.3 is 6.09 Å². The Bertz CT molecular complexity index is 1430. The smallest absolute Gasteiger partial charge is 0.410 e. The van der Waals surface area contributed by atoms with Crippen molar-refractivity contribution in [2.75, 3.05) is 24.2 Å². The summed E-state index contributed by atoms with van der Waals surface area (Å²) in [6.45, 7) is 7.49. The van der Waals surface area contributed by atoms with Crippen LogP contribution < -0.4 is 16.0 Å². The fraction of sp³-hybridized carbons (Fsp3) is 0.483. The summed E-state index contributed by atoms with van der Waals surface area (Å²) in [7, 11) is 3.47. The molecular formula is C29H38N8O3. The Labute approximate surface area is 235 Å². The molecule has 11 nitrogen and oxygen atoms in total.